The van der Waals surface area contributed by atoms with E-state index in [1.807, 2.05) is 0 Å². The summed E-state index contributed by atoms with van der Waals surface area (Å²) in [6.07, 6.45) is 0. The Morgan fingerprint density at radius 1 is 0.545 bits per heavy atom. The Hall–Kier alpha value is -3.68. The molecule has 33 heavy (non-hydrogen) atoms. The van der Waals surface area contributed by atoms with E-state index in [0.717, 1.165) is 6.54 Å². The molecular weight excluding hydrogens is 398 g/mol. The summed E-state index contributed by atoms with van der Waals surface area (Å²) < 4.78 is 0. The molecule has 0 saturated heterocycles. The Bertz CT molecular complexity index is 1530. The van der Waals surface area contributed by atoms with Crippen LogP contribution in [0.4, 0.5) is 0 Å². The highest BCUT2D eigenvalue weighted by molar-refractivity contribution is 6.00. The molecule has 2 aliphatic carbocycles. The van der Waals surface area contributed by atoms with Crippen molar-refractivity contribution >= 4 is 10.8 Å². The third kappa shape index (κ3) is 2.35. The highest BCUT2D eigenvalue weighted by Gasteiger charge is 2.52. The van der Waals surface area contributed by atoms with Gasteiger partial charge in [0.15, 0.2) is 0 Å². The Morgan fingerprint density at radius 2 is 1.12 bits per heavy atom. The van der Waals surface area contributed by atoms with Crippen LogP contribution in [0, 0.1) is 0 Å². The fourth-order valence-electron chi connectivity index (χ4n) is 6.44. The molecule has 1 nitrogen and oxygen atoms in total. The second-order valence-corrected chi connectivity index (χ2v) is 9.66. The van der Waals surface area contributed by atoms with E-state index in [9.17, 15) is 0 Å². The molecular formula is C32H25N. The van der Waals surface area contributed by atoms with Gasteiger partial charge in [-0.15, -0.1) is 0 Å². The third-order valence-electron chi connectivity index (χ3n) is 7.54. The number of hydrogen-bond acceptors (Lipinski definition) is 1. The Balaban J connectivity index is 1.71. The average molecular weight is 424 g/mol. The van der Waals surface area contributed by atoms with Gasteiger partial charge in [-0.3, -0.25) is 0 Å². The first kappa shape index (κ1) is 18.8. The summed E-state index contributed by atoms with van der Waals surface area (Å²) in [4.78, 5) is 2.29. The molecule has 2 aliphatic rings. The van der Waals surface area contributed by atoms with Gasteiger partial charge in [-0.05, 0) is 87.1 Å². The van der Waals surface area contributed by atoms with Crippen molar-refractivity contribution in [1.82, 2.24) is 4.90 Å². The van der Waals surface area contributed by atoms with Crippen molar-refractivity contribution < 1.29 is 0 Å². The number of fused-ring (bicyclic) bond motifs is 11. The number of rotatable bonds is 2. The molecule has 5 aromatic rings. The lowest BCUT2D eigenvalue weighted by molar-refractivity contribution is 0.400. The molecule has 0 saturated carbocycles. The molecule has 0 fully saturated rings. The van der Waals surface area contributed by atoms with Gasteiger partial charge in [-0.25, -0.2) is 0 Å². The lowest BCUT2D eigenvalue weighted by Crippen LogP contribution is -2.28. The van der Waals surface area contributed by atoms with Crippen molar-refractivity contribution in [2.75, 3.05) is 14.1 Å². The average Bonchev–Trinajstić information content (AvgIpc) is 3.30. The second kappa shape index (κ2) is 6.66. The molecule has 0 atom stereocenters. The summed E-state index contributed by atoms with van der Waals surface area (Å²) >= 11 is 0. The van der Waals surface area contributed by atoms with Gasteiger partial charge in [0.05, 0.1) is 5.41 Å². The van der Waals surface area contributed by atoms with Gasteiger partial charge in [-0.2, -0.15) is 0 Å². The van der Waals surface area contributed by atoms with E-state index in [0.29, 0.717) is 0 Å². The van der Waals surface area contributed by atoms with E-state index in [2.05, 4.69) is 122 Å². The minimum absolute atomic E-state index is 0.283. The normalized spacial score (nSPS) is 14.4. The Morgan fingerprint density at radius 3 is 1.79 bits per heavy atom. The molecule has 0 unspecified atom stereocenters. The summed E-state index contributed by atoms with van der Waals surface area (Å²) in [7, 11) is 4.33. The molecule has 0 amide bonds. The van der Waals surface area contributed by atoms with Crippen LogP contribution in [0.3, 0.4) is 0 Å². The zero-order chi connectivity index (χ0) is 22.2. The minimum Gasteiger partial charge on any atom is -0.305 e. The second-order valence-electron chi connectivity index (χ2n) is 9.66. The lowest BCUT2D eigenvalue weighted by Gasteiger charge is -2.32. The van der Waals surface area contributed by atoms with Crippen molar-refractivity contribution in [3.63, 3.8) is 0 Å². The Labute approximate surface area is 194 Å². The monoisotopic (exact) mass is 423 g/mol. The third-order valence-corrected chi connectivity index (χ3v) is 7.54. The molecule has 0 N–H and O–H groups in total. The summed E-state index contributed by atoms with van der Waals surface area (Å²) in [6, 6.07) is 38.6. The van der Waals surface area contributed by atoms with Crippen molar-refractivity contribution in [3.05, 3.63) is 131 Å². The van der Waals surface area contributed by atoms with E-state index in [-0.39, 0.29) is 5.41 Å². The highest BCUT2D eigenvalue weighted by atomic mass is 15.0. The smallest absolute Gasteiger partial charge is 0.0728 e. The minimum atomic E-state index is -0.283. The van der Waals surface area contributed by atoms with E-state index < -0.39 is 0 Å². The summed E-state index contributed by atoms with van der Waals surface area (Å²) in [5, 5.41) is 2.61. The molecule has 0 heterocycles. The topological polar surface area (TPSA) is 3.24 Å². The van der Waals surface area contributed by atoms with Crippen LogP contribution in [0.25, 0.3) is 33.0 Å². The summed E-state index contributed by atoms with van der Waals surface area (Å²) in [5.41, 5.74) is 12.3. The predicted octanol–water partition coefficient (Wildman–Crippen LogP) is 7.24. The largest absolute Gasteiger partial charge is 0.305 e. The molecule has 1 heteroatoms. The molecule has 0 radical (unpaired) electrons. The molecule has 0 aromatic heterocycles. The Kier molecular flexibility index (Phi) is 3.81. The van der Waals surface area contributed by atoms with Crippen molar-refractivity contribution in [1.29, 1.82) is 0 Å². The van der Waals surface area contributed by atoms with Crippen LogP contribution < -0.4 is 0 Å². The first-order chi connectivity index (χ1) is 16.2. The van der Waals surface area contributed by atoms with Gasteiger partial charge in [0.2, 0.25) is 0 Å². The fraction of sp³-hybridized carbons (Fsp3) is 0.125. The molecule has 0 bridgehead atoms. The zero-order valence-electron chi connectivity index (χ0n) is 19.0. The van der Waals surface area contributed by atoms with E-state index in [4.69, 9.17) is 0 Å². The first-order valence-electron chi connectivity index (χ1n) is 11.7. The maximum absolute atomic E-state index is 2.46. The molecule has 5 aromatic carbocycles. The highest BCUT2D eigenvalue weighted by Crippen LogP contribution is 2.63. The molecule has 0 aliphatic heterocycles. The molecule has 7 rings (SSSR count). The van der Waals surface area contributed by atoms with Crippen LogP contribution in [0.2, 0.25) is 0 Å². The van der Waals surface area contributed by atoms with Crippen LogP contribution in [-0.4, -0.2) is 19.0 Å². The van der Waals surface area contributed by atoms with Crippen LogP contribution in [0.15, 0.2) is 103 Å². The first-order valence-corrected chi connectivity index (χ1v) is 11.7. The van der Waals surface area contributed by atoms with E-state index >= 15 is 0 Å². The van der Waals surface area contributed by atoms with Crippen LogP contribution in [-0.2, 0) is 12.0 Å². The van der Waals surface area contributed by atoms with Gasteiger partial charge < -0.3 is 4.90 Å². The number of hydrogen-bond donors (Lipinski definition) is 0. The van der Waals surface area contributed by atoms with Crippen LogP contribution >= 0.6 is 0 Å². The van der Waals surface area contributed by atoms with Crippen LogP contribution in [0.5, 0.6) is 0 Å². The van der Waals surface area contributed by atoms with Gasteiger partial charge >= 0.3 is 0 Å². The molecule has 1 spiro atoms. The number of benzene rings is 5. The predicted molar refractivity (Wildman–Crippen MR) is 138 cm³/mol. The number of nitrogens with zero attached hydrogens (tertiary/aromatic N) is 1. The van der Waals surface area contributed by atoms with Crippen molar-refractivity contribution in [2.45, 2.75) is 12.0 Å². The van der Waals surface area contributed by atoms with Gasteiger partial charge in [0.25, 0.3) is 0 Å². The lowest BCUT2D eigenvalue weighted by atomic mass is 9.69. The maximum atomic E-state index is 2.46. The molecule has 158 valence electrons. The van der Waals surface area contributed by atoms with Gasteiger partial charge in [0, 0.05) is 6.54 Å². The summed E-state index contributed by atoms with van der Waals surface area (Å²) in [6.45, 7) is 0.919. The van der Waals surface area contributed by atoms with Gasteiger partial charge in [0.1, 0.15) is 0 Å². The maximum Gasteiger partial charge on any atom is 0.0728 e. The van der Waals surface area contributed by atoms with E-state index in [1.54, 1.807) is 0 Å². The zero-order valence-corrected chi connectivity index (χ0v) is 19.0. The van der Waals surface area contributed by atoms with Crippen molar-refractivity contribution in [2.24, 2.45) is 0 Å². The van der Waals surface area contributed by atoms with E-state index in [1.165, 1.54) is 60.8 Å². The van der Waals surface area contributed by atoms with Crippen LogP contribution in [0.1, 0.15) is 27.8 Å². The van der Waals surface area contributed by atoms with Gasteiger partial charge in [-0.1, -0.05) is 91.0 Å². The summed E-state index contributed by atoms with van der Waals surface area (Å²) in [5.74, 6) is 0. The standard InChI is InChI=1S/C32H25N/c1-33(2)20-23-12-9-15-26-27-18-21-10-3-4-11-22(21)19-30(27)32(31(23)26)28-16-7-5-13-24(28)25-14-6-8-17-29(25)32/h3-19H,20H2,1-2H3. The SMILES string of the molecule is CN(C)Cc1cccc2c1C1(c3ccccc3-c3ccccc31)c1cc3ccccc3cc1-2. The van der Waals surface area contributed by atoms with Crippen molar-refractivity contribution in [3.8, 4) is 22.3 Å². The quantitative estimate of drug-likeness (QED) is 0.283. The fourth-order valence-corrected chi connectivity index (χ4v) is 6.44.